The minimum Gasteiger partial charge on any atom is -0.352 e. The summed E-state index contributed by atoms with van der Waals surface area (Å²) in [5, 5.41) is 2.95. The smallest absolute Gasteiger partial charge is 0.233 e. The summed E-state index contributed by atoms with van der Waals surface area (Å²) in [6.45, 7) is 1.94. The number of benzene rings is 1. The van der Waals surface area contributed by atoms with E-state index >= 15 is 0 Å². The number of nitrogens with zero attached hydrogens (tertiary/aromatic N) is 1. The van der Waals surface area contributed by atoms with E-state index in [1.807, 2.05) is 25.1 Å². The molecule has 94 valence electrons. The zero-order chi connectivity index (χ0) is 12.5. The predicted molar refractivity (Wildman–Crippen MR) is 76.1 cm³/mol. The number of nitrogens with one attached hydrogen (secondary N) is 1. The summed E-state index contributed by atoms with van der Waals surface area (Å²) >= 11 is 3.19. The molecule has 1 aliphatic rings. The number of amides is 1. The van der Waals surface area contributed by atoms with Crippen LogP contribution in [0.3, 0.4) is 0 Å². The van der Waals surface area contributed by atoms with Crippen molar-refractivity contribution in [1.82, 2.24) is 10.3 Å². The quantitative estimate of drug-likeness (QED) is 0.874. The van der Waals surface area contributed by atoms with Gasteiger partial charge in [0.2, 0.25) is 5.91 Å². The Hall–Kier alpha value is -1.07. The van der Waals surface area contributed by atoms with Crippen molar-refractivity contribution in [3.05, 3.63) is 24.3 Å². The van der Waals surface area contributed by atoms with Crippen molar-refractivity contribution < 1.29 is 4.79 Å². The molecule has 0 radical (unpaired) electrons. The lowest BCUT2D eigenvalue weighted by Gasteiger charge is -2.08. The number of hydrogen-bond donors (Lipinski definition) is 1. The van der Waals surface area contributed by atoms with Crippen molar-refractivity contribution in [3.63, 3.8) is 0 Å². The molecular weight excluding hydrogens is 264 g/mol. The van der Waals surface area contributed by atoms with Gasteiger partial charge in [0, 0.05) is 6.04 Å². The van der Waals surface area contributed by atoms with E-state index in [9.17, 15) is 4.79 Å². The highest BCUT2D eigenvalue weighted by Crippen LogP contribution is 2.32. The molecule has 3 nitrogen and oxygen atoms in total. The second-order valence-electron chi connectivity index (χ2n) is 4.49. The second kappa shape index (κ2) is 4.90. The van der Waals surface area contributed by atoms with E-state index in [1.165, 1.54) is 4.70 Å². The third kappa shape index (κ3) is 2.67. The van der Waals surface area contributed by atoms with Gasteiger partial charge < -0.3 is 5.32 Å². The van der Waals surface area contributed by atoms with Crippen LogP contribution in [0.25, 0.3) is 10.2 Å². The molecule has 0 aliphatic heterocycles. The molecule has 1 fully saturated rings. The molecule has 1 saturated carbocycles. The fourth-order valence-electron chi connectivity index (χ4n) is 1.65. The Balaban J connectivity index is 1.68. The van der Waals surface area contributed by atoms with Crippen LogP contribution in [-0.4, -0.2) is 22.2 Å². The Kier molecular flexibility index (Phi) is 3.26. The van der Waals surface area contributed by atoms with Crippen LogP contribution in [-0.2, 0) is 4.79 Å². The minimum absolute atomic E-state index is 0.0776. The third-order valence-corrected chi connectivity index (χ3v) is 5.08. The molecule has 2 aromatic rings. The number of thiazole rings is 1. The summed E-state index contributed by atoms with van der Waals surface area (Å²) < 4.78 is 2.14. The first-order valence-corrected chi connectivity index (χ1v) is 7.74. The number of thioether (sulfide) groups is 1. The van der Waals surface area contributed by atoms with E-state index in [-0.39, 0.29) is 11.2 Å². The van der Waals surface area contributed by atoms with Crippen LogP contribution < -0.4 is 5.32 Å². The highest BCUT2D eigenvalue weighted by Gasteiger charge is 2.26. The fourth-order valence-corrected chi connectivity index (χ4v) is 3.87. The van der Waals surface area contributed by atoms with E-state index in [4.69, 9.17) is 0 Å². The van der Waals surface area contributed by atoms with Gasteiger partial charge in [0.1, 0.15) is 0 Å². The number of carbonyl (C=O) groups is 1. The van der Waals surface area contributed by atoms with Crippen molar-refractivity contribution in [2.75, 3.05) is 0 Å². The zero-order valence-corrected chi connectivity index (χ0v) is 11.7. The average molecular weight is 278 g/mol. The van der Waals surface area contributed by atoms with Crippen LogP contribution in [0, 0.1) is 0 Å². The number of hydrogen-bond acceptors (Lipinski definition) is 4. The molecule has 1 aromatic heterocycles. The van der Waals surface area contributed by atoms with Crippen LogP contribution in [0.2, 0.25) is 0 Å². The third-order valence-electron chi connectivity index (χ3n) is 2.84. The van der Waals surface area contributed by atoms with Crippen molar-refractivity contribution in [2.45, 2.75) is 35.4 Å². The molecule has 5 heteroatoms. The fraction of sp³-hybridized carbons (Fsp3) is 0.385. The van der Waals surface area contributed by atoms with Crippen molar-refractivity contribution in [1.29, 1.82) is 0 Å². The Morgan fingerprint density at radius 2 is 2.28 bits per heavy atom. The molecule has 1 heterocycles. The number of para-hydroxylation sites is 1. The summed E-state index contributed by atoms with van der Waals surface area (Å²) in [6, 6.07) is 8.49. The average Bonchev–Trinajstić information content (AvgIpc) is 3.07. The molecule has 0 spiro atoms. The minimum atomic E-state index is -0.0776. The standard InChI is InChI=1S/C13H14N2OS2/c1-8(12(16)14-9-6-7-9)17-13-15-10-4-2-3-5-11(10)18-13/h2-5,8-9H,6-7H2,1H3,(H,14,16)/t8-/m0/s1. The molecule has 3 rings (SSSR count). The van der Waals surface area contributed by atoms with Crippen molar-refractivity contribution >= 4 is 39.2 Å². The lowest BCUT2D eigenvalue weighted by atomic mass is 10.3. The van der Waals surface area contributed by atoms with Gasteiger partial charge in [-0.2, -0.15) is 0 Å². The summed E-state index contributed by atoms with van der Waals surface area (Å²) in [5.74, 6) is 0.127. The van der Waals surface area contributed by atoms with E-state index < -0.39 is 0 Å². The lowest BCUT2D eigenvalue weighted by molar-refractivity contribution is -0.120. The van der Waals surface area contributed by atoms with Crippen LogP contribution in [0.5, 0.6) is 0 Å². The zero-order valence-electron chi connectivity index (χ0n) is 10.1. The molecule has 1 atom stereocenters. The molecule has 0 unspecified atom stereocenters. The SMILES string of the molecule is C[C@H](Sc1nc2ccccc2s1)C(=O)NC1CC1. The molecule has 1 aromatic carbocycles. The van der Waals surface area contributed by atoms with Gasteiger partial charge in [0.15, 0.2) is 4.34 Å². The van der Waals surface area contributed by atoms with Crippen molar-refractivity contribution in [3.8, 4) is 0 Å². The molecule has 1 N–H and O–H groups in total. The predicted octanol–water partition coefficient (Wildman–Crippen LogP) is 3.06. The van der Waals surface area contributed by atoms with E-state index in [0.29, 0.717) is 6.04 Å². The first kappa shape index (κ1) is 12.0. The maximum Gasteiger partial charge on any atom is 0.233 e. The molecule has 1 aliphatic carbocycles. The van der Waals surface area contributed by atoms with E-state index in [2.05, 4.69) is 16.4 Å². The number of carbonyl (C=O) groups excluding carboxylic acids is 1. The summed E-state index contributed by atoms with van der Waals surface area (Å²) in [4.78, 5) is 16.4. The lowest BCUT2D eigenvalue weighted by Crippen LogP contribution is -2.32. The molecule has 1 amide bonds. The molecule has 0 saturated heterocycles. The number of aromatic nitrogens is 1. The van der Waals surface area contributed by atoms with Crippen LogP contribution in [0.15, 0.2) is 28.6 Å². The summed E-state index contributed by atoms with van der Waals surface area (Å²) in [5.41, 5.74) is 1.01. The van der Waals surface area contributed by atoms with Gasteiger partial charge in [-0.3, -0.25) is 4.79 Å². The van der Waals surface area contributed by atoms with Gasteiger partial charge in [-0.05, 0) is 31.9 Å². The Labute approximate surface area is 114 Å². The first-order valence-electron chi connectivity index (χ1n) is 6.05. The Morgan fingerprint density at radius 3 is 3.00 bits per heavy atom. The highest BCUT2D eigenvalue weighted by molar-refractivity contribution is 8.02. The van der Waals surface area contributed by atoms with Gasteiger partial charge in [-0.1, -0.05) is 23.9 Å². The van der Waals surface area contributed by atoms with Crippen LogP contribution in [0.1, 0.15) is 19.8 Å². The topological polar surface area (TPSA) is 42.0 Å². The molecule has 18 heavy (non-hydrogen) atoms. The summed E-state index contributed by atoms with van der Waals surface area (Å²) in [7, 11) is 0. The summed E-state index contributed by atoms with van der Waals surface area (Å²) in [6.07, 6.45) is 2.26. The van der Waals surface area contributed by atoms with Gasteiger partial charge in [0.25, 0.3) is 0 Å². The number of fused-ring (bicyclic) bond motifs is 1. The highest BCUT2D eigenvalue weighted by atomic mass is 32.2. The molecule has 0 bridgehead atoms. The number of rotatable bonds is 4. The largest absolute Gasteiger partial charge is 0.352 e. The monoisotopic (exact) mass is 278 g/mol. The van der Waals surface area contributed by atoms with Gasteiger partial charge in [0.05, 0.1) is 15.5 Å². The van der Waals surface area contributed by atoms with E-state index in [1.54, 1.807) is 23.1 Å². The van der Waals surface area contributed by atoms with Crippen molar-refractivity contribution in [2.24, 2.45) is 0 Å². The van der Waals surface area contributed by atoms with Crippen LogP contribution in [0.4, 0.5) is 0 Å². The van der Waals surface area contributed by atoms with Crippen LogP contribution >= 0.6 is 23.1 Å². The Morgan fingerprint density at radius 1 is 1.50 bits per heavy atom. The van der Waals surface area contributed by atoms with Gasteiger partial charge in [-0.25, -0.2) is 4.98 Å². The normalized spacial score (nSPS) is 16.7. The second-order valence-corrected chi connectivity index (χ2v) is 7.11. The Bertz CT molecular complexity index is 544. The maximum atomic E-state index is 11.9. The van der Waals surface area contributed by atoms with E-state index in [0.717, 1.165) is 22.7 Å². The van der Waals surface area contributed by atoms with Gasteiger partial charge in [-0.15, -0.1) is 11.3 Å². The maximum absolute atomic E-state index is 11.9. The molecular formula is C13H14N2OS2. The van der Waals surface area contributed by atoms with Gasteiger partial charge >= 0.3 is 0 Å². The first-order chi connectivity index (χ1) is 8.72.